The van der Waals surface area contributed by atoms with Crippen LogP contribution in [0.1, 0.15) is 171 Å². The monoisotopic (exact) mass is 453 g/mol. The first kappa shape index (κ1) is 32.0. The van der Waals surface area contributed by atoms with Gasteiger partial charge in [-0.25, -0.2) is 0 Å². The number of nitrogens with zero attached hydrogens (tertiary/aromatic N) is 1. The predicted molar refractivity (Wildman–Crippen MR) is 149 cm³/mol. The molecule has 0 N–H and O–H groups in total. The minimum atomic E-state index is 0.339. The summed E-state index contributed by atoms with van der Waals surface area (Å²) in [6, 6.07) is 0. The van der Waals surface area contributed by atoms with Gasteiger partial charge >= 0.3 is 0 Å². The Labute approximate surface area is 206 Å². The number of quaternary nitrogens is 1. The third-order valence-electron chi connectivity index (χ3n) is 8.95. The van der Waals surface area contributed by atoms with Gasteiger partial charge in [0.1, 0.15) is 0 Å². The van der Waals surface area contributed by atoms with Crippen molar-refractivity contribution in [1.29, 1.82) is 0 Å². The van der Waals surface area contributed by atoms with Gasteiger partial charge in [0.2, 0.25) is 0 Å². The Balaban J connectivity index is 4.19. The molecular formula is C31H66N+. The fraction of sp³-hybridized carbons (Fsp3) is 1.00. The SMILES string of the molecule is CCCCCCCCCCCCCCCCC(C)(C)C(C)(C)[N+](CCC)(CCC)CCC. The van der Waals surface area contributed by atoms with Gasteiger partial charge < -0.3 is 4.48 Å². The van der Waals surface area contributed by atoms with Gasteiger partial charge in [0.25, 0.3) is 0 Å². The van der Waals surface area contributed by atoms with Crippen molar-refractivity contribution in [2.45, 2.75) is 177 Å². The highest BCUT2D eigenvalue weighted by atomic mass is 15.4. The third kappa shape index (κ3) is 11.4. The molecule has 0 spiro atoms. The lowest BCUT2D eigenvalue weighted by molar-refractivity contribution is -0.980. The van der Waals surface area contributed by atoms with Crippen LogP contribution in [0.5, 0.6) is 0 Å². The second-order valence-electron chi connectivity index (χ2n) is 12.1. The molecule has 1 nitrogen and oxygen atoms in total. The molecule has 0 aliphatic carbocycles. The van der Waals surface area contributed by atoms with Gasteiger partial charge in [-0.1, -0.05) is 131 Å². The molecule has 0 saturated carbocycles. The van der Waals surface area contributed by atoms with E-state index in [9.17, 15) is 0 Å². The number of hydrogen-bond donors (Lipinski definition) is 0. The Hall–Kier alpha value is -0.0400. The average Bonchev–Trinajstić information content (AvgIpc) is 2.74. The van der Waals surface area contributed by atoms with E-state index in [1.807, 2.05) is 0 Å². The van der Waals surface area contributed by atoms with E-state index >= 15 is 0 Å². The first-order valence-electron chi connectivity index (χ1n) is 15.1. The minimum Gasteiger partial charge on any atom is -0.319 e. The lowest BCUT2D eigenvalue weighted by atomic mass is 9.68. The van der Waals surface area contributed by atoms with Crippen LogP contribution in [0, 0.1) is 5.41 Å². The topological polar surface area (TPSA) is 0 Å². The molecule has 0 amide bonds. The summed E-state index contributed by atoms with van der Waals surface area (Å²) in [7, 11) is 0. The highest BCUT2D eigenvalue weighted by Crippen LogP contribution is 2.45. The highest BCUT2D eigenvalue weighted by molar-refractivity contribution is 4.89. The molecule has 0 rings (SSSR count). The van der Waals surface area contributed by atoms with Crippen LogP contribution < -0.4 is 0 Å². The predicted octanol–water partition coefficient (Wildman–Crippen LogP) is 10.7. The maximum Gasteiger partial charge on any atom is 0.0986 e. The Kier molecular flexibility index (Phi) is 18.3. The van der Waals surface area contributed by atoms with Crippen molar-refractivity contribution in [2.75, 3.05) is 19.6 Å². The second-order valence-corrected chi connectivity index (χ2v) is 12.1. The molecule has 0 fully saturated rings. The summed E-state index contributed by atoms with van der Waals surface area (Å²) in [5.74, 6) is 0. The zero-order valence-corrected chi connectivity index (χ0v) is 24.3. The molecule has 0 unspecified atom stereocenters. The summed E-state index contributed by atoms with van der Waals surface area (Å²) in [6.45, 7) is 23.8. The zero-order chi connectivity index (χ0) is 24.3. The lowest BCUT2D eigenvalue weighted by Crippen LogP contribution is -2.68. The summed E-state index contributed by atoms with van der Waals surface area (Å²) >= 11 is 0. The van der Waals surface area contributed by atoms with Crippen molar-refractivity contribution in [2.24, 2.45) is 5.41 Å². The minimum absolute atomic E-state index is 0.339. The molecule has 0 aromatic rings. The fourth-order valence-electron chi connectivity index (χ4n) is 6.17. The average molecular weight is 453 g/mol. The van der Waals surface area contributed by atoms with Gasteiger partial charge in [-0.15, -0.1) is 0 Å². The molecule has 0 radical (unpaired) electrons. The van der Waals surface area contributed by atoms with Crippen molar-refractivity contribution < 1.29 is 4.48 Å². The Bertz CT molecular complexity index is 392. The van der Waals surface area contributed by atoms with E-state index in [-0.39, 0.29) is 0 Å². The van der Waals surface area contributed by atoms with E-state index in [0.717, 1.165) is 0 Å². The van der Waals surface area contributed by atoms with Crippen LogP contribution in [0.3, 0.4) is 0 Å². The lowest BCUT2D eigenvalue weighted by Gasteiger charge is -2.57. The number of rotatable bonds is 23. The van der Waals surface area contributed by atoms with Crippen molar-refractivity contribution >= 4 is 0 Å². The Morgan fingerprint density at radius 2 is 0.719 bits per heavy atom. The smallest absolute Gasteiger partial charge is 0.0986 e. The van der Waals surface area contributed by atoms with Crippen LogP contribution in [0.25, 0.3) is 0 Å². The van der Waals surface area contributed by atoms with Gasteiger partial charge in [-0.05, 0) is 39.5 Å². The first-order chi connectivity index (χ1) is 15.2. The first-order valence-corrected chi connectivity index (χ1v) is 15.1. The summed E-state index contributed by atoms with van der Waals surface area (Å²) in [5, 5.41) is 0. The molecule has 0 bridgehead atoms. The second kappa shape index (κ2) is 18.3. The number of hydrogen-bond acceptors (Lipinski definition) is 0. The molecular weight excluding hydrogens is 386 g/mol. The van der Waals surface area contributed by atoms with E-state index in [2.05, 4.69) is 55.4 Å². The van der Waals surface area contributed by atoms with E-state index in [0.29, 0.717) is 11.0 Å². The molecule has 194 valence electrons. The molecule has 0 heterocycles. The largest absolute Gasteiger partial charge is 0.319 e. The van der Waals surface area contributed by atoms with Crippen LogP contribution in [-0.4, -0.2) is 29.7 Å². The maximum atomic E-state index is 2.60. The maximum absolute atomic E-state index is 2.60. The summed E-state index contributed by atoms with van der Waals surface area (Å²) in [4.78, 5) is 0. The van der Waals surface area contributed by atoms with Crippen LogP contribution in [0.4, 0.5) is 0 Å². The van der Waals surface area contributed by atoms with Gasteiger partial charge in [0.15, 0.2) is 0 Å². The summed E-state index contributed by atoms with van der Waals surface area (Å²) < 4.78 is 1.32. The molecule has 0 aromatic heterocycles. The van der Waals surface area contributed by atoms with Gasteiger partial charge in [-0.3, -0.25) is 0 Å². The molecule has 0 atom stereocenters. The van der Waals surface area contributed by atoms with Crippen molar-refractivity contribution in [1.82, 2.24) is 0 Å². The highest BCUT2D eigenvalue weighted by Gasteiger charge is 2.51. The van der Waals surface area contributed by atoms with E-state index < -0.39 is 0 Å². The van der Waals surface area contributed by atoms with Crippen molar-refractivity contribution in [3.8, 4) is 0 Å². The van der Waals surface area contributed by atoms with E-state index in [1.54, 1.807) is 0 Å². The molecule has 0 aliphatic rings. The van der Waals surface area contributed by atoms with Gasteiger partial charge in [0.05, 0.1) is 25.2 Å². The molecule has 0 aliphatic heterocycles. The molecule has 0 saturated heterocycles. The Morgan fingerprint density at radius 1 is 0.406 bits per heavy atom. The van der Waals surface area contributed by atoms with Crippen LogP contribution in [0.15, 0.2) is 0 Å². The van der Waals surface area contributed by atoms with Crippen LogP contribution >= 0.6 is 0 Å². The number of unbranched alkanes of at least 4 members (excludes halogenated alkanes) is 13. The summed E-state index contributed by atoms with van der Waals surface area (Å²) in [5.41, 5.74) is 0.731. The van der Waals surface area contributed by atoms with E-state index in [4.69, 9.17) is 0 Å². The summed E-state index contributed by atoms with van der Waals surface area (Å²) in [6.07, 6.45) is 25.6. The van der Waals surface area contributed by atoms with Crippen LogP contribution in [-0.2, 0) is 0 Å². The van der Waals surface area contributed by atoms with Gasteiger partial charge in [-0.2, -0.15) is 0 Å². The molecule has 32 heavy (non-hydrogen) atoms. The van der Waals surface area contributed by atoms with Gasteiger partial charge in [0, 0.05) is 5.41 Å². The quantitative estimate of drug-likeness (QED) is 0.107. The van der Waals surface area contributed by atoms with E-state index in [1.165, 1.54) is 140 Å². The van der Waals surface area contributed by atoms with Crippen molar-refractivity contribution in [3.05, 3.63) is 0 Å². The Morgan fingerprint density at radius 3 is 1.03 bits per heavy atom. The third-order valence-corrected chi connectivity index (χ3v) is 8.95. The standard InChI is InChI=1S/C31H66N/c1-9-13-14-15-16-17-18-19-20-21-22-23-24-25-26-30(5,6)31(7,8)32(27-10-2,28-11-3)29-12-4/h9-29H2,1-8H3/q+1. The van der Waals surface area contributed by atoms with Crippen LogP contribution in [0.2, 0.25) is 0 Å². The van der Waals surface area contributed by atoms with Crippen molar-refractivity contribution in [3.63, 3.8) is 0 Å². The normalized spacial score (nSPS) is 13.1. The molecule has 1 heteroatoms. The molecule has 0 aromatic carbocycles. The fourth-order valence-corrected chi connectivity index (χ4v) is 6.17. The zero-order valence-electron chi connectivity index (χ0n) is 24.3.